The number of carbonyl (C=O) groups is 1. The molecule has 1 rings (SSSR count). The van der Waals surface area contributed by atoms with Crippen LogP contribution in [0.2, 0.25) is 0 Å². The fourth-order valence-electron chi connectivity index (χ4n) is 1.65. The summed E-state index contributed by atoms with van der Waals surface area (Å²) in [5.74, 6) is -0.152. The molecule has 1 aromatic heterocycles. The van der Waals surface area contributed by atoms with E-state index in [0.29, 0.717) is 6.42 Å². The monoisotopic (exact) mass is 225 g/mol. The summed E-state index contributed by atoms with van der Waals surface area (Å²) in [6.07, 6.45) is 7.75. The van der Waals surface area contributed by atoms with Gasteiger partial charge in [-0.25, -0.2) is 9.13 Å². The SMILES string of the molecule is CCCCn1cc(CCC(=O)OC)[n+](C)c1. The standard InChI is InChI=1S/C12H21N2O2/c1-4-5-8-14-9-11(13(2)10-14)6-7-12(15)16-3/h9-10H,4-8H2,1-3H3/q+1. The Balaban J connectivity index is 2.52. The number of carbonyl (C=O) groups excluding carboxylic acids is 1. The number of aryl methyl sites for hydroxylation is 3. The summed E-state index contributed by atoms with van der Waals surface area (Å²) in [6, 6.07) is 0. The van der Waals surface area contributed by atoms with Gasteiger partial charge in [0.15, 0.2) is 0 Å². The molecule has 0 unspecified atom stereocenters. The van der Waals surface area contributed by atoms with Crippen LogP contribution in [-0.4, -0.2) is 17.6 Å². The van der Waals surface area contributed by atoms with E-state index in [-0.39, 0.29) is 5.97 Å². The van der Waals surface area contributed by atoms with Crippen molar-refractivity contribution in [3.05, 3.63) is 18.2 Å². The van der Waals surface area contributed by atoms with Crippen LogP contribution in [0.1, 0.15) is 31.9 Å². The lowest BCUT2D eigenvalue weighted by atomic mass is 10.2. The van der Waals surface area contributed by atoms with Gasteiger partial charge in [-0.15, -0.1) is 0 Å². The van der Waals surface area contributed by atoms with Crippen molar-refractivity contribution in [1.29, 1.82) is 0 Å². The maximum absolute atomic E-state index is 11.0. The van der Waals surface area contributed by atoms with Crippen molar-refractivity contribution in [2.24, 2.45) is 7.05 Å². The van der Waals surface area contributed by atoms with Crippen LogP contribution in [-0.2, 0) is 29.5 Å². The quantitative estimate of drug-likeness (QED) is 0.539. The first-order chi connectivity index (χ1) is 7.67. The zero-order chi connectivity index (χ0) is 12.0. The smallest absolute Gasteiger partial charge is 0.305 e. The fourth-order valence-corrected chi connectivity index (χ4v) is 1.65. The van der Waals surface area contributed by atoms with Gasteiger partial charge in [0.05, 0.1) is 27.1 Å². The van der Waals surface area contributed by atoms with Gasteiger partial charge in [0.25, 0.3) is 0 Å². The van der Waals surface area contributed by atoms with E-state index in [9.17, 15) is 4.79 Å². The van der Waals surface area contributed by atoms with Crippen LogP contribution < -0.4 is 4.57 Å². The van der Waals surface area contributed by atoms with Gasteiger partial charge in [-0.3, -0.25) is 4.79 Å². The number of rotatable bonds is 6. The molecule has 1 heterocycles. The van der Waals surface area contributed by atoms with Gasteiger partial charge in [0.2, 0.25) is 6.33 Å². The Hall–Kier alpha value is -1.32. The lowest BCUT2D eigenvalue weighted by Crippen LogP contribution is -2.30. The van der Waals surface area contributed by atoms with Gasteiger partial charge >= 0.3 is 5.97 Å². The van der Waals surface area contributed by atoms with Crippen LogP contribution in [0.3, 0.4) is 0 Å². The summed E-state index contributed by atoms with van der Waals surface area (Å²) < 4.78 is 8.87. The van der Waals surface area contributed by atoms with Crippen LogP contribution >= 0.6 is 0 Å². The molecule has 0 saturated heterocycles. The first-order valence-corrected chi connectivity index (χ1v) is 5.78. The minimum atomic E-state index is -0.152. The molecular weight excluding hydrogens is 204 g/mol. The number of unbranched alkanes of at least 4 members (excludes halogenated alkanes) is 1. The van der Waals surface area contributed by atoms with Crippen molar-refractivity contribution in [1.82, 2.24) is 4.57 Å². The molecular formula is C12H21N2O2+. The van der Waals surface area contributed by atoms with E-state index in [2.05, 4.69) is 33.3 Å². The average Bonchev–Trinajstić information content (AvgIpc) is 2.64. The molecule has 4 heteroatoms. The molecule has 0 bridgehead atoms. The van der Waals surface area contributed by atoms with Crippen molar-refractivity contribution >= 4 is 5.97 Å². The average molecular weight is 225 g/mol. The van der Waals surface area contributed by atoms with Crippen LogP contribution in [0.15, 0.2) is 12.5 Å². The van der Waals surface area contributed by atoms with E-state index in [4.69, 9.17) is 0 Å². The topological polar surface area (TPSA) is 35.1 Å². The second kappa shape index (κ2) is 6.30. The van der Waals surface area contributed by atoms with Gasteiger partial charge in [-0.05, 0) is 6.42 Å². The van der Waals surface area contributed by atoms with E-state index in [1.165, 1.54) is 25.6 Å². The van der Waals surface area contributed by atoms with Gasteiger partial charge in [0.1, 0.15) is 11.9 Å². The number of ether oxygens (including phenoxy) is 1. The number of methoxy groups -OCH3 is 1. The molecule has 0 amide bonds. The zero-order valence-corrected chi connectivity index (χ0v) is 10.4. The minimum Gasteiger partial charge on any atom is -0.469 e. The third-order valence-electron chi connectivity index (χ3n) is 2.67. The second-order valence-corrected chi connectivity index (χ2v) is 4.01. The van der Waals surface area contributed by atoms with Gasteiger partial charge in [-0.1, -0.05) is 13.3 Å². The molecule has 16 heavy (non-hydrogen) atoms. The van der Waals surface area contributed by atoms with Crippen LogP contribution in [0.4, 0.5) is 0 Å². The second-order valence-electron chi connectivity index (χ2n) is 4.01. The molecule has 0 spiro atoms. The largest absolute Gasteiger partial charge is 0.469 e. The first-order valence-electron chi connectivity index (χ1n) is 5.78. The summed E-state index contributed by atoms with van der Waals surface area (Å²) >= 11 is 0. The number of hydrogen-bond donors (Lipinski definition) is 0. The molecule has 0 aliphatic carbocycles. The Morgan fingerprint density at radius 3 is 2.94 bits per heavy atom. The Labute approximate surface area is 96.8 Å². The number of esters is 1. The maximum atomic E-state index is 11.0. The summed E-state index contributed by atoms with van der Waals surface area (Å²) in [6.45, 7) is 3.23. The molecule has 0 fully saturated rings. The van der Waals surface area contributed by atoms with Crippen molar-refractivity contribution < 1.29 is 14.1 Å². The lowest BCUT2D eigenvalue weighted by Gasteiger charge is -1.96. The molecule has 0 atom stereocenters. The highest BCUT2D eigenvalue weighted by molar-refractivity contribution is 5.69. The van der Waals surface area contributed by atoms with Crippen molar-refractivity contribution in [3.8, 4) is 0 Å². The summed E-state index contributed by atoms with van der Waals surface area (Å²) in [5, 5.41) is 0. The Morgan fingerprint density at radius 2 is 2.31 bits per heavy atom. The van der Waals surface area contributed by atoms with Crippen molar-refractivity contribution in [2.45, 2.75) is 39.2 Å². The highest BCUT2D eigenvalue weighted by Crippen LogP contribution is 2.01. The minimum absolute atomic E-state index is 0.152. The Morgan fingerprint density at radius 1 is 1.56 bits per heavy atom. The van der Waals surface area contributed by atoms with Gasteiger partial charge in [-0.2, -0.15) is 0 Å². The highest BCUT2D eigenvalue weighted by Gasteiger charge is 2.11. The third-order valence-corrected chi connectivity index (χ3v) is 2.67. The Kier molecular flexibility index (Phi) is 5.02. The van der Waals surface area contributed by atoms with Crippen molar-refractivity contribution in [2.75, 3.05) is 7.11 Å². The fraction of sp³-hybridized carbons (Fsp3) is 0.667. The number of imidazole rings is 1. The summed E-state index contributed by atoms with van der Waals surface area (Å²) in [5.41, 5.74) is 1.17. The van der Waals surface area contributed by atoms with E-state index in [0.717, 1.165) is 13.0 Å². The molecule has 0 N–H and O–H groups in total. The molecule has 0 radical (unpaired) electrons. The number of aromatic nitrogens is 2. The molecule has 0 aliphatic heterocycles. The molecule has 4 nitrogen and oxygen atoms in total. The van der Waals surface area contributed by atoms with E-state index in [1.54, 1.807) is 0 Å². The zero-order valence-electron chi connectivity index (χ0n) is 10.4. The van der Waals surface area contributed by atoms with Gasteiger partial charge in [0, 0.05) is 6.42 Å². The summed E-state index contributed by atoms with van der Waals surface area (Å²) in [7, 11) is 3.43. The van der Waals surface area contributed by atoms with Crippen LogP contribution in [0.5, 0.6) is 0 Å². The third kappa shape index (κ3) is 3.68. The predicted octanol–water partition coefficient (Wildman–Crippen LogP) is 1.22. The lowest BCUT2D eigenvalue weighted by molar-refractivity contribution is -0.678. The molecule has 0 aliphatic rings. The van der Waals surface area contributed by atoms with E-state index < -0.39 is 0 Å². The molecule has 0 aromatic carbocycles. The normalized spacial score (nSPS) is 10.4. The van der Waals surface area contributed by atoms with Gasteiger partial charge < -0.3 is 4.74 Å². The predicted molar refractivity (Wildman–Crippen MR) is 60.9 cm³/mol. The molecule has 1 aromatic rings. The van der Waals surface area contributed by atoms with E-state index >= 15 is 0 Å². The first kappa shape index (κ1) is 12.7. The van der Waals surface area contributed by atoms with E-state index in [1.807, 2.05) is 7.05 Å². The molecule has 0 saturated carbocycles. The maximum Gasteiger partial charge on any atom is 0.305 e. The number of nitrogens with zero attached hydrogens (tertiary/aromatic N) is 2. The Bertz CT molecular complexity index is 345. The highest BCUT2D eigenvalue weighted by atomic mass is 16.5. The van der Waals surface area contributed by atoms with Crippen molar-refractivity contribution in [3.63, 3.8) is 0 Å². The van der Waals surface area contributed by atoms with Crippen LogP contribution in [0, 0.1) is 0 Å². The summed E-state index contributed by atoms with van der Waals surface area (Å²) in [4.78, 5) is 11.0. The molecule has 90 valence electrons. The number of hydrogen-bond acceptors (Lipinski definition) is 2. The van der Waals surface area contributed by atoms with Crippen LogP contribution in [0.25, 0.3) is 0 Å².